The Kier molecular flexibility index (Phi) is 5.94. The van der Waals surface area contributed by atoms with E-state index in [0.29, 0.717) is 38.9 Å². The van der Waals surface area contributed by atoms with Crippen molar-refractivity contribution in [2.24, 2.45) is 0 Å². The maximum atomic E-state index is 12.6. The monoisotopic (exact) mass is 401 g/mol. The Balaban J connectivity index is 1.82. The summed E-state index contributed by atoms with van der Waals surface area (Å²) in [5.41, 5.74) is 0.957. The van der Waals surface area contributed by atoms with Crippen molar-refractivity contribution in [2.75, 3.05) is 6.54 Å². The molecule has 0 radical (unpaired) electrons. The van der Waals surface area contributed by atoms with E-state index < -0.39 is 0 Å². The first kappa shape index (κ1) is 19.1. The summed E-state index contributed by atoms with van der Waals surface area (Å²) in [6, 6.07) is 12.2. The molecule has 5 nitrogen and oxygen atoms in total. The Morgan fingerprint density at radius 1 is 1.15 bits per heavy atom. The molecule has 0 atom stereocenters. The highest BCUT2D eigenvalue weighted by Gasteiger charge is 2.12. The molecule has 3 rings (SSSR count). The maximum absolute atomic E-state index is 12.6. The average molecular weight is 402 g/mol. The molecular weight excluding hydrogens is 385 g/mol. The second-order valence-electron chi connectivity index (χ2n) is 5.85. The summed E-state index contributed by atoms with van der Waals surface area (Å²) in [4.78, 5) is 33.5. The first-order chi connectivity index (χ1) is 13.0. The van der Waals surface area contributed by atoms with Crippen LogP contribution in [0.1, 0.15) is 18.3 Å². The molecule has 1 heterocycles. The van der Waals surface area contributed by atoms with Crippen LogP contribution in [0, 0.1) is 0 Å². The minimum atomic E-state index is -0.232. The number of aromatic amines is 1. The van der Waals surface area contributed by atoms with Gasteiger partial charge in [-0.15, -0.1) is 0 Å². The third-order valence-corrected chi connectivity index (χ3v) is 4.75. The molecule has 3 aromatic rings. The Morgan fingerprint density at radius 3 is 2.56 bits per heavy atom. The lowest BCUT2D eigenvalue weighted by Crippen LogP contribution is -2.30. The van der Waals surface area contributed by atoms with Gasteiger partial charge in [0.2, 0.25) is 5.91 Å². The van der Waals surface area contributed by atoms with Crippen molar-refractivity contribution in [2.45, 2.75) is 13.5 Å². The van der Waals surface area contributed by atoms with E-state index in [0.717, 1.165) is 0 Å². The number of rotatable bonds is 5. The van der Waals surface area contributed by atoms with Gasteiger partial charge in [-0.05, 0) is 37.3 Å². The number of H-pyrrole nitrogens is 1. The molecule has 0 aliphatic heterocycles. The second kappa shape index (κ2) is 8.37. The highest BCUT2D eigenvalue weighted by atomic mass is 35.5. The van der Waals surface area contributed by atoms with Crippen LogP contribution in [0.3, 0.4) is 0 Å². The number of likely N-dealkylation sites (N-methyl/N-ethyl adjacent to an activating group) is 1. The number of fused-ring (bicyclic) bond motifs is 1. The first-order valence-electron chi connectivity index (χ1n) is 8.38. The zero-order chi connectivity index (χ0) is 19.4. The summed E-state index contributed by atoms with van der Waals surface area (Å²) in [7, 11) is 0. The molecule has 1 N–H and O–H groups in total. The molecule has 2 aromatic carbocycles. The van der Waals surface area contributed by atoms with Crippen LogP contribution in [0.25, 0.3) is 17.0 Å². The number of hydrogen-bond donors (Lipinski definition) is 1. The number of carbonyl (C=O) groups is 1. The van der Waals surface area contributed by atoms with E-state index in [-0.39, 0.29) is 18.0 Å². The van der Waals surface area contributed by atoms with Crippen molar-refractivity contribution in [3.8, 4) is 0 Å². The van der Waals surface area contributed by atoms with Gasteiger partial charge in [0.15, 0.2) is 0 Å². The molecular formula is C20H17Cl2N3O2. The van der Waals surface area contributed by atoms with Crippen molar-refractivity contribution in [1.82, 2.24) is 14.9 Å². The minimum absolute atomic E-state index is 0.190. The molecule has 7 heteroatoms. The molecule has 1 aromatic heterocycles. The van der Waals surface area contributed by atoms with Crippen LogP contribution in [-0.2, 0) is 11.3 Å². The zero-order valence-electron chi connectivity index (χ0n) is 14.6. The van der Waals surface area contributed by atoms with Gasteiger partial charge < -0.3 is 9.88 Å². The number of para-hydroxylation sites is 1. The van der Waals surface area contributed by atoms with E-state index in [2.05, 4.69) is 9.97 Å². The van der Waals surface area contributed by atoms with E-state index in [9.17, 15) is 9.59 Å². The molecule has 0 fully saturated rings. The third kappa shape index (κ3) is 4.38. The van der Waals surface area contributed by atoms with Crippen molar-refractivity contribution in [1.29, 1.82) is 0 Å². The van der Waals surface area contributed by atoms with Gasteiger partial charge in [0.1, 0.15) is 5.82 Å². The molecule has 0 saturated heterocycles. The molecule has 0 unspecified atom stereocenters. The third-order valence-electron chi connectivity index (χ3n) is 4.09. The number of nitrogens with one attached hydrogen (secondary N) is 1. The van der Waals surface area contributed by atoms with Gasteiger partial charge >= 0.3 is 0 Å². The van der Waals surface area contributed by atoms with Gasteiger partial charge in [0.25, 0.3) is 5.56 Å². The average Bonchev–Trinajstić information content (AvgIpc) is 2.65. The molecule has 27 heavy (non-hydrogen) atoms. The van der Waals surface area contributed by atoms with Gasteiger partial charge in [0, 0.05) is 28.2 Å². The largest absolute Gasteiger partial charge is 0.332 e. The molecule has 0 bridgehead atoms. The van der Waals surface area contributed by atoms with Crippen LogP contribution >= 0.6 is 23.2 Å². The Morgan fingerprint density at radius 2 is 1.85 bits per heavy atom. The van der Waals surface area contributed by atoms with E-state index in [1.807, 2.05) is 13.0 Å². The van der Waals surface area contributed by atoms with E-state index in [1.165, 1.54) is 6.08 Å². The lowest BCUT2D eigenvalue weighted by atomic mass is 10.2. The van der Waals surface area contributed by atoms with Crippen molar-refractivity contribution >= 4 is 46.1 Å². The summed E-state index contributed by atoms with van der Waals surface area (Å²) < 4.78 is 0. The highest BCUT2D eigenvalue weighted by Crippen LogP contribution is 2.25. The number of halogens is 2. The summed E-state index contributed by atoms with van der Waals surface area (Å²) in [5.74, 6) is 0.197. The Bertz CT molecular complexity index is 1060. The molecule has 1 amide bonds. The second-order valence-corrected chi connectivity index (χ2v) is 6.67. The molecule has 0 aliphatic rings. The first-order valence-corrected chi connectivity index (χ1v) is 9.14. The maximum Gasteiger partial charge on any atom is 0.258 e. The lowest BCUT2D eigenvalue weighted by Gasteiger charge is -2.18. The molecule has 138 valence electrons. The number of aromatic nitrogens is 2. The van der Waals surface area contributed by atoms with Crippen LogP contribution in [-0.4, -0.2) is 27.3 Å². The zero-order valence-corrected chi connectivity index (χ0v) is 16.1. The summed E-state index contributed by atoms with van der Waals surface area (Å²) in [6.07, 6.45) is 3.00. The van der Waals surface area contributed by atoms with Gasteiger partial charge in [-0.1, -0.05) is 41.4 Å². The molecule has 0 aliphatic carbocycles. The SMILES string of the molecule is CCN(Cc1nc2ccccc2c(=O)[nH]1)C(=O)/C=C/c1c(Cl)cccc1Cl. The van der Waals surface area contributed by atoms with Crippen molar-refractivity contribution < 1.29 is 4.79 Å². The van der Waals surface area contributed by atoms with Crippen LogP contribution in [0.2, 0.25) is 10.0 Å². The fraction of sp³-hybridized carbons (Fsp3) is 0.150. The van der Waals surface area contributed by atoms with E-state index in [1.54, 1.807) is 47.4 Å². The number of amides is 1. The predicted molar refractivity (Wildman–Crippen MR) is 109 cm³/mol. The quantitative estimate of drug-likeness (QED) is 0.648. The number of benzene rings is 2. The lowest BCUT2D eigenvalue weighted by molar-refractivity contribution is -0.126. The smallest absolute Gasteiger partial charge is 0.258 e. The standard InChI is InChI=1S/C20H17Cl2N3O2/c1-2-25(19(26)11-10-13-15(21)7-5-8-16(13)22)12-18-23-17-9-4-3-6-14(17)20(27)24-18/h3-11H,2,12H2,1H3,(H,23,24,27)/b11-10+. The normalized spacial score (nSPS) is 11.2. The number of carbonyl (C=O) groups excluding carboxylic acids is 1. The van der Waals surface area contributed by atoms with Crippen LogP contribution in [0.15, 0.2) is 53.3 Å². The van der Waals surface area contributed by atoms with Crippen LogP contribution in [0.4, 0.5) is 0 Å². The topological polar surface area (TPSA) is 66.1 Å². The fourth-order valence-electron chi connectivity index (χ4n) is 2.67. The van der Waals surface area contributed by atoms with Crippen molar-refractivity contribution in [3.05, 3.63) is 80.3 Å². The van der Waals surface area contributed by atoms with E-state index >= 15 is 0 Å². The van der Waals surface area contributed by atoms with Gasteiger partial charge in [-0.25, -0.2) is 4.98 Å². The van der Waals surface area contributed by atoms with Crippen LogP contribution < -0.4 is 5.56 Å². The fourth-order valence-corrected chi connectivity index (χ4v) is 3.19. The number of nitrogens with zero attached hydrogens (tertiary/aromatic N) is 2. The molecule has 0 spiro atoms. The summed E-state index contributed by atoms with van der Waals surface area (Å²) >= 11 is 12.2. The Labute approximate surface area is 166 Å². The predicted octanol–water partition coefficient (Wildman–Crippen LogP) is 4.29. The van der Waals surface area contributed by atoms with Crippen LogP contribution in [0.5, 0.6) is 0 Å². The van der Waals surface area contributed by atoms with E-state index in [4.69, 9.17) is 23.2 Å². The summed E-state index contributed by atoms with van der Waals surface area (Å²) in [6.45, 7) is 2.50. The minimum Gasteiger partial charge on any atom is -0.332 e. The molecule has 0 saturated carbocycles. The highest BCUT2D eigenvalue weighted by molar-refractivity contribution is 6.37. The Hall–Kier alpha value is -2.63. The van der Waals surface area contributed by atoms with Gasteiger partial charge in [0.05, 0.1) is 17.4 Å². The summed E-state index contributed by atoms with van der Waals surface area (Å²) in [5, 5.41) is 1.45. The van der Waals surface area contributed by atoms with Gasteiger partial charge in [-0.2, -0.15) is 0 Å². The van der Waals surface area contributed by atoms with Gasteiger partial charge in [-0.3, -0.25) is 9.59 Å². The number of hydrogen-bond acceptors (Lipinski definition) is 3. The van der Waals surface area contributed by atoms with Crippen molar-refractivity contribution in [3.63, 3.8) is 0 Å².